The normalized spacial score (nSPS) is 10.2. The summed E-state index contributed by atoms with van der Waals surface area (Å²) in [6, 6.07) is 15.8. The highest BCUT2D eigenvalue weighted by Crippen LogP contribution is 2.24. The molecule has 0 aromatic heterocycles. The van der Waals surface area contributed by atoms with Crippen LogP contribution in [0.4, 0.5) is 5.69 Å². The minimum Gasteiger partial charge on any atom is -0.506 e. The topological polar surface area (TPSA) is 32.3 Å². The number of benzene rings is 2. The van der Waals surface area contributed by atoms with E-state index in [-0.39, 0.29) is 0 Å². The van der Waals surface area contributed by atoms with E-state index in [0.717, 1.165) is 18.7 Å². The molecule has 0 amide bonds. The van der Waals surface area contributed by atoms with Gasteiger partial charge in [0.05, 0.1) is 5.69 Å². The number of phenols is 1. The van der Waals surface area contributed by atoms with Crippen LogP contribution in [0, 0.1) is 0 Å². The third-order valence-corrected chi connectivity index (χ3v) is 2.80. The molecule has 0 bridgehead atoms. The number of anilines is 1. The standard InChI is InChI=1S/C15H17NO/c1-2-12-8-9-15(17)14(10-12)16-11-13-6-4-3-5-7-13/h3-10,16-17H,2,11H2,1H3. The van der Waals surface area contributed by atoms with Crippen LogP contribution in [-0.4, -0.2) is 5.11 Å². The number of phenolic OH excluding ortho intramolecular Hbond substituents is 1. The number of nitrogens with one attached hydrogen (secondary N) is 1. The van der Waals surface area contributed by atoms with E-state index >= 15 is 0 Å². The Kier molecular flexibility index (Phi) is 3.66. The van der Waals surface area contributed by atoms with Gasteiger partial charge in [-0.2, -0.15) is 0 Å². The second kappa shape index (κ2) is 5.39. The summed E-state index contributed by atoms with van der Waals surface area (Å²) in [7, 11) is 0. The fraction of sp³-hybridized carbons (Fsp3) is 0.200. The van der Waals surface area contributed by atoms with E-state index in [9.17, 15) is 5.11 Å². The lowest BCUT2D eigenvalue weighted by Gasteiger charge is -2.10. The van der Waals surface area contributed by atoms with Crippen molar-refractivity contribution >= 4 is 5.69 Å². The van der Waals surface area contributed by atoms with Crippen molar-refractivity contribution < 1.29 is 5.11 Å². The summed E-state index contributed by atoms with van der Waals surface area (Å²) in [5.74, 6) is 0.304. The molecule has 0 saturated carbocycles. The summed E-state index contributed by atoms with van der Waals surface area (Å²) in [4.78, 5) is 0. The number of aryl methyl sites for hydroxylation is 1. The van der Waals surface area contributed by atoms with Gasteiger partial charge in [0.25, 0.3) is 0 Å². The van der Waals surface area contributed by atoms with Gasteiger partial charge in [-0.3, -0.25) is 0 Å². The van der Waals surface area contributed by atoms with Gasteiger partial charge in [0, 0.05) is 6.54 Å². The molecule has 2 nitrogen and oxygen atoms in total. The van der Waals surface area contributed by atoms with Gasteiger partial charge in [-0.25, -0.2) is 0 Å². The van der Waals surface area contributed by atoms with Crippen LogP contribution in [0.15, 0.2) is 48.5 Å². The molecule has 0 unspecified atom stereocenters. The third kappa shape index (κ3) is 3.00. The fourth-order valence-corrected chi connectivity index (χ4v) is 1.74. The Labute approximate surface area is 102 Å². The number of aromatic hydroxyl groups is 1. The molecular formula is C15H17NO. The summed E-state index contributed by atoms with van der Waals surface area (Å²) in [5, 5.41) is 13.0. The van der Waals surface area contributed by atoms with Gasteiger partial charge in [0.1, 0.15) is 5.75 Å². The highest BCUT2D eigenvalue weighted by Gasteiger charge is 2.01. The molecule has 2 N–H and O–H groups in total. The predicted molar refractivity (Wildman–Crippen MR) is 71.3 cm³/mol. The van der Waals surface area contributed by atoms with Crippen LogP contribution < -0.4 is 5.32 Å². The first kappa shape index (κ1) is 11.5. The maximum absolute atomic E-state index is 9.75. The summed E-state index contributed by atoms with van der Waals surface area (Å²) in [6.07, 6.45) is 0.973. The molecule has 0 heterocycles. The van der Waals surface area contributed by atoms with Gasteiger partial charge in [-0.05, 0) is 29.7 Å². The predicted octanol–water partition coefficient (Wildman–Crippen LogP) is 3.57. The van der Waals surface area contributed by atoms with E-state index in [1.165, 1.54) is 11.1 Å². The van der Waals surface area contributed by atoms with E-state index in [4.69, 9.17) is 0 Å². The molecule has 0 radical (unpaired) electrons. The van der Waals surface area contributed by atoms with Crippen LogP contribution in [0.3, 0.4) is 0 Å². The smallest absolute Gasteiger partial charge is 0.138 e. The van der Waals surface area contributed by atoms with Crippen LogP contribution in [-0.2, 0) is 13.0 Å². The number of rotatable bonds is 4. The maximum atomic E-state index is 9.75. The summed E-state index contributed by atoms with van der Waals surface area (Å²) in [5.41, 5.74) is 3.22. The highest BCUT2D eigenvalue weighted by atomic mass is 16.3. The van der Waals surface area contributed by atoms with Gasteiger partial charge in [-0.1, -0.05) is 43.3 Å². The molecule has 0 atom stereocenters. The van der Waals surface area contributed by atoms with Crippen LogP contribution in [0.5, 0.6) is 5.75 Å². The van der Waals surface area contributed by atoms with Crippen molar-refractivity contribution in [1.82, 2.24) is 0 Å². The molecule has 0 aliphatic rings. The monoisotopic (exact) mass is 227 g/mol. The lowest BCUT2D eigenvalue weighted by Crippen LogP contribution is -1.99. The molecule has 0 spiro atoms. The van der Waals surface area contributed by atoms with Gasteiger partial charge >= 0.3 is 0 Å². The minimum absolute atomic E-state index is 0.304. The SMILES string of the molecule is CCc1ccc(O)c(NCc2ccccc2)c1. The molecule has 17 heavy (non-hydrogen) atoms. The van der Waals surface area contributed by atoms with Crippen molar-refractivity contribution in [3.05, 3.63) is 59.7 Å². The van der Waals surface area contributed by atoms with Gasteiger partial charge in [0.2, 0.25) is 0 Å². The van der Waals surface area contributed by atoms with E-state index in [2.05, 4.69) is 24.4 Å². The van der Waals surface area contributed by atoms with Crippen molar-refractivity contribution in [2.75, 3.05) is 5.32 Å². The Hall–Kier alpha value is -1.96. The third-order valence-electron chi connectivity index (χ3n) is 2.80. The molecule has 2 aromatic carbocycles. The zero-order valence-corrected chi connectivity index (χ0v) is 9.98. The molecule has 2 aromatic rings. The Morgan fingerprint density at radius 2 is 1.76 bits per heavy atom. The molecule has 0 aliphatic carbocycles. The Morgan fingerprint density at radius 1 is 1.00 bits per heavy atom. The molecule has 0 fully saturated rings. The Bertz CT molecular complexity index is 480. The van der Waals surface area contributed by atoms with Crippen LogP contribution in [0.1, 0.15) is 18.1 Å². The summed E-state index contributed by atoms with van der Waals surface area (Å²) < 4.78 is 0. The average Bonchev–Trinajstić information content (AvgIpc) is 2.39. The van der Waals surface area contributed by atoms with Crippen LogP contribution in [0.25, 0.3) is 0 Å². The zero-order chi connectivity index (χ0) is 12.1. The minimum atomic E-state index is 0.304. The average molecular weight is 227 g/mol. The summed E-state index contributed by atoms with van der Waals surface area (Å²) >= 11 is 0. The van der Waals surface area contributed by atoms with E-state index in [1.807, 2.05) is 30.3 Å². The largest absolute Gasteiger partial charge is 0.506 e. The van der Waals surface area contributed by atoms with Gasteiger partial charge in [0.15, 0.2) is 0 Å². The first-order valence-electron chi connectivity index (χ1n) is 5.89. The lowest BCUT2D eigenvalue weighted by atomic mass is 10.1. The van der Waals surface area contributed by atoms with Crippen LogP contribution in [0.2, 0.25) is 0 Å². The first-order chi connectivity index (χ1) is 8.29. The second-order valence-corrected chi connectivity index (χ2v) is 4.04. The van der Waals surface area contributed by atoms with Gasteiger partial charge < -0.3 is 10.4 Å². The summed E-state index contributed by atoms with van der Waals surface area (Å²) in [6.45, 7) is 2.83. The van der Waals surface area contributed by atoms with Crippen molar-refractivity contribution in [1.29, 1.82) is 0 Å². The van der Waals surface area contributed by atoms with Crippen molar-refractivity contribution in [2.45, 2.75) is 19.9 Å². The molecular weight excluding hydrogens is 210 g/mol. The van der Waals surface area contributed by atoms with E-state index < -0.39 is 0 Å². The van der Waals surface area contributed by atoms with Gasteiger partial charge in [-0.15, -0.1) is 0 Å². The zero-order valence-electron chi connectivity index (χ0n) is 9.98. The Balaban J connectivity index is 2.08. The van der Waals surface area contributed by atoms with E-state index in [1.54, 1.807) is 6.07 Å². The molecule has 2 rings (SSSR count). The fourth-order valence-electron chi connectivity index (χ4n) is 1.74. The van der Waals surface area contributed by atoms with E-state index in [0.29, 0.717) is 5.75 Å². The molecule has 2 heteroatoms. The number of hydrogen-bond acceptors (Lipinski definition) is 2. The first-order valence-corrected chi connectivity index (χ1v) is 5.89. The maximum Gasteiger partial charge on any atom is 0.138 e. The molecule has 88 valence electrons. The molecule has 0 saturated heterocycles. The van der Waals surface area contributed by atoms with Crippen molar-refractivity contribution in [2.24, 2.45) is 0 Å². The molecule has 0 aliphatic heterocycles. The lowest BCUT2D eigenvalue weighted by molar-refractivity contribution is 0.477. The van der Waals surface area contributed by atoms with Crippen molar-refractivity contribution in [3.63, 3.8) is 0 Å². The number of hydrogen-bond donors (Lipinski definition) is 2. The van der Waals surface area contributed by atoms with Crippen LogP contribution >= 0.6 is 0 Å². The van der Waals surface area contributed by atoms with Crippen molar-refractivity contribution in [3.8, 4) is 5.75 Å². The Morgan fingerprint density at radius 3 is 2.47 bits per heavy atom. The second-order valence-electron chi connectivity index (χ2n) is 4.04. The highest BCUT2D eigenvalue weighted by molar-refractivity contribution is 5.57. The quantitative estimate of drug-likeness (QED) is 0.783.